The molecule has 0 aliphatic carbocycles. The summed E-state index contributed by atoms with van der Waals surface area (Å²) in [5.74, 6) is 0.601. The van der Waals surface area contributed by atoms with Crippen LogP contribution in [0, 0.1) is 0 Å². The minimum absolute atomic E-state index is 0.149. The minimum atomic E-state index is 0.149. The fraction of sp³-hybridized carbons (Fsp3) is 0.417. The van der Waals surface area contributed by atoms with E-state index in [1.807, 2.05) is 18.2 Å². The summed E-state index contributed by atoms with van der Waals surface area (Å²) >= 11 is 9.69. The monoisotopic (exact) mass is 315 g/mol. The van der Waals surface area contributed by atoms with Gasteiger partial charge in [0.2, 0.25) is 0 Å². The molecular formula is C12H15BrClN3. The van der Waals surface area contributed by atoms with Gasteiger partial charge in [0, 0.05) is 15.5 Å². The van der Waals surface area contributed by atoms with Crippen LogP contribution >= 0.6 is 27.5 Å². The van der Waals surface area contributed by atoms with E-state index in [1.165, 1.54) is 0 Å². The van der Waals surface area contributed by atoms with Crippen LogP contribution in [-0.2, 0) is 0 Å². The molecule has 1 aliphatic heterocycles. The number of rotatable bonds is 2. The first kappa shape index (κ1) is 12.7. The van der Waals surface area contributed by atoms with Crippen LogP contribution in [0.15, 0.2) is 27.7 Å². The van der Waals surface area contributed by atoms with E-state index < -0.39 is 0 Å². The standard InChI is InChI=1S/C12H15BrClN3/c1-7(2)17-11(6-16-12(17)15)9-4-3-8(13)5-10(9)14/h3-5,7,11H,6H2,1-2H3,(H2,15,16). The predicted molar refractivity (Wildman–Crippen MR) is 75.4 cm³/mol. The van der Waals surface area contributed by atoms with E-state index in [4.69, 9.17) is 17.3 Å². The van der Waals surface area contributed by atoms with E-state index >= 15 is 0 Å². The molecule has 3 nitrogen and oxygen atoms in total. The molecule has 0 radical (unpaired) electrons. The number of nitrogens with two attached hydrogens (primary N) is 1. The highest BCUT2D eigenvalue weighted by molar-refractivity contribution is 9.10. The van der Waals surface area contributed by atoms with Gasteiger partial charge in [0.1, 0.15) is 0 Å². The number of halogens is 2. The van der Waals surface area contributed by atoms with Gasteiger partial charge in [-0.15, -0.1) is 0 Å². The number of hydrogen-bond acceptors (Lipinski definition) is 3. The van der Waals surface area contributed by atoms with Crippen molar-refractivity contribution < 1.29 is 0 Å². The maximum Gasteiger partial charge on any atom is 0.192 e. The van der Waals surface area contributed by atoms with Crippen molar-refractivity contribution >= 4 is 33.5 Å². The highest BCUT2D eigenvalue weighted by atomic mass is 79.9. The molecular weight excluding hydrogens is 302 g/mol. The molecule has 1 atom stereocenters. The van der Waals surface area contributed by atoms with Crippen LogP contribution in [0.4, 0.5) is 0 Å². The molecule has 0 saturated carbocycles. The molecule has 2 N–H and O–H groups in total. The Morgan fingerprint density at radius 2 is 2.24 bits per heavy atom. The Kier molecular flexibility index (Phi) is 3.64. The molecule has 0 spiro atoms. The number of hydrogen-bond donors (Lipinski definition) is 1. The van der Waals surface area contributed by atoms with Crippen molar-refractivity contribution in [2.75, 3.05) is 6.54 Å². The van der Waals surface area contributed by atoms with E-state index in [0.29, 0.717) is 18.5 Å². The fourth-order valence-electron chi connectivity index (χ4n) is 2.15. The summed E-state index contributed by atoms with van der Waals surface area (Å²) in [6, 6.07) is 6.39. The molecule has 0 aromatic heterocycles. The van der Waals surface area contributed by atoms with Crippen molar-refractivity contribution in [2.45, 2.75) is 25.9 Å². The van der Waals surface area contributed by atoms with E-state index in [0.717, 1.165) is 15.1 Å². The highest BCUT2D eigenvalue weighted by Crippen LogP contribution is 2.33. The predicted octanol–water partition coefficient (Wildman–Crippen LogP) is 3.18. The van der Waals surface area contributed by atoms with Gasteiger partial charge in [-0.2, -0.15) is 0 Å². The average Bonchev–Trinajstić information content (AvgIpc) is 2.60. The van der Waals surface area contributed by atoms with Gasteiger partial charge in [-0.1, -0.05) is 33.6 Å². The minimum Gasteiger partial charge on any atom is -0.370 e. The lowest BCUT2D eigenvalue weighted by Crippen LogP contribution is -2.41. The number of aliphatic imine (C=N–C) groups is 1. The zero-order valence-electron chi connectivity index (χ0n) is 9.82. The third kappa shape index (κ3) is 2.43. The van der Waals surface area contributed by atoms with Crippen LogP contribution < -0.4 is 5.73 Å². The molecule has 92 valence electrons. The van der Waals surface area contributed by atoms with Gasteiger partial charge in [-0.25, -0.2) is 0 Å². The molecule has 2 rings (SSSR count). The van der Waals surface area contributed by atoms with Gasteiger partial charge >= 0.3 is 0 Å². The molecule has 0 bridgehead atoms. The summed E-state index contributed by atoms with van der Waals surface area (Å²) in [6.07, 6.45) is 0. The zero-order valence-corrected chi connectivity index (χ0v) is 12.2. The molecule has 1 aromatic carbocycles. The fourth-order valence-corrected chi connectivity index (χ4v) is 2.95. The number of benzene rings is 1. The quantitative estimate of drug-likeness (QED) is 0.910. The van der Waals surface area contributed by atoms with Crippen molar-refractivity contribution in [3.8, 4) is 0 Å². The molecule has 1 aromatic rings. The Morgan fingerprint density at radius 3 is 2.82 bits per heavy atom. The van der Waals surface area contributed by atoms with Crippen LogP contribution in [0.25, 0.3) is 0 Å². The van der Waals surface area contributed by atoms with Crippen LogP contribution in [0.1, 0.15) is 25.5 Å². The van der Waals surface area contributed by atoms with Gasteiger partial charge < -0.3 is 10.6 Å². The van der Waals surface area contributed by atoms with Crippen molar-refractivity contribution in [2.24, 2.45) is 10.7 Å². The van der Waals surface area contributed by atoms with Gasteiger partial charge in [-0.05, 0) is 31.5 Å². The molecule has 1 aliphatic rings. The summed E-state index contributed by atoms with van der Waals surface area (Å²) in [5, 5.41) is 0.750. The molecule has 1 heterocycles. The molecule has 17 heavy (non-hydrogen) atoms. The van der Waals surface area contributed by atoms with Crippen molar-refractivity contribution in [3.63, 3.8) is 0 Å². The summed E-state index contributed by atoms with van der Waals surface area (Å²) in [4.78, 5) is 6.42. The third-order valence-corrected chi connectivity index (χ3v) is 3.72. The average molecular weight is 317 g/mol. The number of nitrogens with zero attached hydrogens (tertiary/aromatic N) is 2. The first-order valence-corrected chi connectivity index (χ1v) is 6.71. The second-order valence-electron chi connectivity index (χ2n) is 4.38. The van der Waals surface area contributed by atoms with Gasteiger partial charge in [0.15, 0.2) is 5.96 Å². The Bertz CT molecular complexity index is 459. The first-order valence-electron chi connectivity index (χ1n) is 5.54. The Balaban J connectivity index is 2.35. The van der Waals surface area contributed by atoms with Crippen molar-refractivity contribution in [1.29, 1.82) is 0 Å². The van der Waals surface area contributed by atoms with Gasteiger partial charge in [-0.3, -0.25) is 4.99 Å². The topological polar surface area (TPSA) is 41.6 Å². The van der Waals surface area contributed by atoms with Crippen LogP contribution in [-0.4, -0.2) is 23.4 Å². The van der Waals surface area contributed by atoms with E-state index in [1.54, 1.807) is 0 Å². The Morgan fingerprint density at radius 1 is 1.53 bits per heavy atom. The Labute approximate surface area is 115 Å². The van der Waals surface area contributed by atoms with Crippen LogP contribution in [0.5, 0.6) is 0 Å². The third-order valence-electron chi connectivity index (χ3n) is 2.90. The molecule has 5 heteroatoms. The lowest BCUT2D eigenvalue weighted by molar-refractivity contribution is 0.290. The van der Waals surface area contributed by atoms with E-state index in [2.05, 4.69) is 39.7 Å². The number of guanidine groups is 1. The second-order valence-corrected chi connectivity index (χ2v) is 5.70. The van der Waals surface area contributed by atoms with E-state index in [-0.39, 0.29) is 6.04 Å². The van der Waals surface area contributed by atoms with Gasteiger partial charge in [0.25, 0.3) is 0 Å². The normalized spacial score (nSPS) is 19.9. The summed E-state index contributed by atoms with van der Waals surface area (Å²) in [7, 11) is 0. The maximum absolute atomic E-state index is 6.28. The first-order chi connectivity index (χ1) is 8.00. The van der Waals surface area contributed by atoms with Crippen molar-refractivity contribution in [1.82, 2.24) is 4.90 Å². The SMILES string of the molecule is CC(C)N1C(N)=NCC1c1ccc(Br)cc1Cl. The van der Waals surface area contributed by atoms with Crippen LogP contribution in [0.3, 0.4) is 0 Å². The molecule has 1 unspecified atom stereocenters. The molecule has 0 fully saturated rings. The van der Waals surface area contributed by atoms with E-state index in [9.17, 15) is 0 Å². The van der Waals surface area contributed by atoms with Gasteiger partial charge in [0.05, 0.1) is 12.6 Å². The maximum atomic E-state index is 6.28. The second kappa shape index (κ2) is 4.86. The molecule has 0 saturated heterocycles. The lowest BCUT2D eigenvalue weighted by Gasteiger charge is -2.30. The summed E-state index contributed by atoms with van der Waals surface area (Å²) in [6.45, 7) is 4.88. The Hall–Kier alpha value is -0.740. The summed E-state index contributed by atoms with van der Waals surface area (Å²) < 4.78 is 0.981. The smallest absolute Gasteiger partial charge is 0.192 e. The largest absolute Gasteiger partial charge is 0.370 e. The lowest BCUT2D eigenvalue weighted by atomic mass is 10.1. The summed E-state index contributed by atoms with van der Waals surface area (Å²) in [5.41, 5.74) is 6.99. The van der Waals surface area contributed by atoms with Crippen molar-refractivity contribution in [3.05, 3.63) is 33.3 Å². The zero-order chi connectivity index (χ0) is 12.6. The van der Waals surface area contributed by atoms with Crippen LogP contribution in [0.2, 0.25) is 5.02 Å². The highest BCUT2D eigenvalue weighted by Gasteiger charge is 2.30. The molecule has 0 amide bonds.